The Morgan fingerprint density at radius 3 is 2.57 bits per heavy atom. The number of hydrazone groups is 1. The molecule has 0 spiro atoms. The monoisotopic (exact) mass is 280 g/mol. The highest BCUT2D eigenvalue weighted by molar-refractivity contribution is 5.93. The number of fused-ring (bicyclic) bond motifs is 1. The smallest absolute Gasteiger partial charge is 0.349 e. The third kappa shape index (κ3) is 2.62. The molecule has 0 bridgehead atoms. The van der Waals surface area contributed by atoms with Gasteiger partial charge in [0, 0.05) is 0 Å². The number of para-hydroxylation sites is 2. The number of aromatic hydroxyl groups is 1. The van der Waals surface area contributed by atoms with Crippen molar-refractivity contribution in [3.63, 3.8) is 0 Å². The van der Waals surface area contributed by atoms with Crippen LogP contribution in [0.4, 0.5) is 5.69 Å². The first-order valence-electron chi connectivity index (χ1n) is 6.34. The van der Waals surface area contributed by atoms with Gasteiger partial charge in [-0.2, -0.15) is 5.10 Å². The summed E-state index contributed by atoms with van der Waals surface area (Å²) in [5.41, 5.74) is 3.27. The van der Waals surface area contributed by atoms with Gasteiger partial charge in [0.15, 0.2) is 0 Å². The van der Waals surface area contributed by atoms with Gasteiger partial charge in [0.1, 0.15) is 16.9 Å². The first-order chi connectivity index (χ1) is 10.3. The molecule has 0 radical (unpaired) electrons. The summed E-state index contributed by atoms with van der Waals surface area (Å²) in [4.78, 5) is 11.9. The van der Waals surface area contributed by atoms with Crippen LogP contribution in [0.1, 0.15) is 5.56 Å². The zero-order chi connectivity index (χ0) is 14.7. The second-order valence-corrected chi connectivity index (χ2v) is 4.38. The van der Waals surface area contributed by atoms with Crippen LogP contribution in [0.2, 0.25) is 0 Å². The van der Waals surface area contributed by atoms with Crippen LogP contribution in [0.5, 0.6) is 5.75 Å². The molecule has 0 aliphatic heterocycles. The minimum Gasteiger partial charge on any atom is -0.506 e. The predicted octanol–water partition coefficient (Wildman–Crippen LogP) is 2.94. The standard InChI is InChI=1S/C16H12N2O3/c19-15-12-8-4-5-9-14(12)21-16(20)13(15)10-17-18-11-6-2-1-3-7-11/h1-10,18-19H/b17-10+. The lowest BCUT2D eigenvalue weighted by molar-refractivity contribution is 0.466. The summed E-state index contributed by atoms with van der Waals surface area (Å²) in [7, 11) is 0. The highest BCUT2D eigenvalue weighted by Gasteiger charge is 2.11. The van der Waals surface area contributed by atoms with Gasteiger partial charge in [-0.25, -0.2) is 4.79 Å². The van der Waals surface area contributed by atoms with Crippen molar-refractivity contribution in [3.8, 4) is 5.75 Å². The topological polar surface area (TPSA) is 74.8 Å². The number of nitrogens with one attached hydrogen (secondary N) is 1. The first kappa shape index (κ1) is 12.9. The molecule has 0 unspecified atom stereocenters. The maximum absolute atomic E-state index is 11.9. The predicted molar refractivity (Wildman–Crippen MR) is 81.8 cm³/mol. The molecule has 0 aliphatic rings. The fraction of sp³-hybridized carbons (Fsp3) is 0. The van der Waals surface area contributed by atoms with Gasteiger partial charge in [-0.3, -0.25) is 5.43 Å². The molecule has 5 nitrogen and oxygen atoms in total. The van der Waals surface area contributed by atoms with Gasteiger partial charge in [0.05, 0.1) is 17.3 Å². The van der Waals surface area contributed by atoms with Crippen LogP contribution in [-0.2, 0) is 0 Å². The fourth-order valence-electron chi connectivity index (χ4n) is 1.95. The van der Waals surface area contributed by atoms with Gasteiger partial charge >= 0.3 is 5.63 Å². The average Bonchev–Trinajstić information content (AvgIpc) is 2.51. The Bertz CT molecular complexity index is 854. The van der Waals surface area contributed by atoms with E-state index in [2.05, 4.69) is 10.5 Å². The summed E-state index contributed by atoms with van der Waals surface area (Å²) in [6.45, 7) is 0. The Kier molecular flexibility index (Phi) is 3.39. The van der Waals surface area contributed by atoms with E-state index in [1.54, 1.807) is 24.3 Å². The Morgan fingerprint density at radius 2 is 1.76 bits per heavy atom. The average molecular weight is 280 g/mol. The second kappa shape index (κ2) is 5.50. The lowest BCUT2D eigenvalue weighted by atomic mass is 10.1. The highest BCUT2D eigenvalue weighted by atomic mass is 16.4. The van der Waals surface area contributed by atoms with E-state index >= 15 is 0 Å². The van der Waals surface area contributed by atoms with Crippen LogP contribution < -0.4 is 11.1 Å². The Morgan fingerprint density at radius 1 is 1.05 bits per heavy atom. The van der Waals surface area contributed by atoms with Crippen LogP contribution in [0, 0.1) is 0 Å². The van der Waals surface area contributed by atoms with E-state index in [0.29, 0.717) is 11.0 Å². The summed E-state index contributed by atoms with van der Waals surface area (Å²) in [5, 5.41) is 14.6. The van der Waals surface area contributed by atoms with Gasteiger partial charge in [-0.1, -0.05) is 30.3 Å². The number of nitrogens with zero attached hydrogens (tertiary/aromatic N) is 1. The molecule has 3 aromatic rings. The molecule has 0 amide bonds. The van der Waals surface area contributed by atoms with Crippen LogP contribution >= 0.6 is 0 Å². The summed E-state index contributed by atoms with van der Waals surface area (Å²) in [6, 6.07) is 16.1. The van der Waals surface area contributed by atoms with E-state index in [-0.39, 0.29) is 11.3 Å². The van der Waals surface area contributed by atoms with E-state index in [1.807, 2.05) is 30.3 Å². The summed E-state index contributed by atoms with van der Waals surface area (Å²) < 4.78 is 5.14. The number of benzene rings is 2. The van der Waals surface area contributed by atoms with Crippen molar-refractivity contribution in [1.29, 1.82) is 0 Å². The molecule has 104 valence electrons. The van der Waals surface area contributed by atoms with E-state index in [0.717, 1.165) is 5.69 Å². The molecule has 2 aromatic carbocycles. The van der Waals surface area contributed by atoms with Crippen molar-refractivity contribution < 1.29 is 9.52 Å². The summed E-state index contributed by atoms with van der Waals surface area (Å²) in [6.07, 6.45) is 1.25. The van der Waals surface area contributed by atoms with Crippen LogP contribution in [-0.4, -0.2) is 11.3 Å². The molecule has 0 saturated heterocycles. The molecule has 0 fully saturated rings. The molecular formula is C16H12N2O3. The molecule has 1 aromatic heterocycles. The van der Waals surface area contributed by atoms with Crippen molar-refractivity contribution >= 4 is 22.9 Å². The Labute approximate surface area is 120 Å². The molecule has 21 heavy (non-hydrogen) atoms. The van der Waals surface area contributed by atoms with E-state index in [4.69, 9.17) is 4.42 Å². The first-order valence-corrected chi connectivity index (χ1v) is 6.34. The van der Waals surface area contributed by atoms with Gasteiger partial charge in [0.2, 0.25) is 0 Å². The zero-order valence-corrected chi connectivity index (χ0v) is 11.0. The minimum absolute atomic E-state index is 0.0112. The van der Waals surface area contributed by atoms with Crippen molar-refractivity contribution in [2.45, 2.75) is 0 Å². The summed E-state index contributed by atoms with van der Waals surface area (Å²) in [5.74, 6) is -0.138. The minimum atomic E-state index is -0.634. The second-order valence-electron chi connectivity index (χ2n) is 4.38. The normalized spacial score (nSPS) is 11.0. The highest BCUT2D eigenvalue weighted by Crippen LogP contribution is 2.24. The molecule has 0 atom stereocenters. The van der Waals surface area contributed by atoms with Crippen LogP contribution in [0.25, 0.3) is 11.0 Å². The lowest BCUT2D eigenvalue weighted by Gasteiger charge is -2.02. The molecule has 0 aliphatic carbocycles. The van der Waals surface area contributed by atoms with E-state index < -0.39 is 5.63 Å². The molecule has 5 heteroatoms. The fourth-order valence-corrected chi connectivity index (χ4v) is 1.95. The number of anilines is 1. The maximum Gasteiger partial charge on any atom is 0.349 e. The maximum atomic E-state index is 11.9. The largest absolute Gasteiger partial charge is 0.506 e. The molecular weight excluding hydrogens is 268 g/mol. The van der Waals surface area contributed by atoms with E-state index in [1.165, 1.54) is 6.21 Å². The molecule has 0 saturated carbocycles. The Hall–Kier alpha value is -3.08. The van der Waals surface area contributed by atoms with Crippen LogP contribution in [0.3, 0.4) is 0 Å². The van der Waals surface area contributed by atoms with Gasteiger partial charge in [-0.05, 0) is 24.3 Å². The van der Waals surface area contributed by atoms with Gasteiger partial charge in [-0.15, -0.1) is 0 Å². The van der Waals surface area contributed by atoms with Crippen molar-refractivity contribution in [2.24, 2.45) is 5.10 Å². The van der Waals surface area contributed by atoms with Gasteiger partial charge < -0.3 is 9.52 Å². The van der Waals surface area contributed by atoms with Crippen LogP contribution in [0.15, 0.2) is 68.9 Å². The third-order valence-electron chi connectivity index (χ3n) is 2.98. The number of rotatable bonds is 3. The van der Waals surface area contributed by atoms with Crippen molar-refractivity contribution in [2.75, 3.05) is 5.43 Å². The quantitative estimate of drug-likeness (QED) is 0.439. The third-order valence-corrected chi connectivity index (χ3v) is 2.98. The van der Waals surface area contributed by atoms with E-state index in [9.17, 15) is 9.90 Å². The van der Waals surface area contributed by atoms with Gasteiger partial charge in [0.25, 0.3) is 0 Å². The SMILES string of the molecule is O=c1oc2ccccc2c(O)c1/C=N/Nc1ccccc1. The molecule has 2 N–H and O–H groups in total. The summed E-state index contributed by atoms with van der Waals surface area (Å²) >= 11 is 0. The van der Waals surface area contributed by atoms with Crippen molar-refractivity contribution in [1.82, 2.24) is 0 Å². The lowest BCUT2D eigenvalue weighted by Crippen LogP contribution is -2.07. The number of hydrogen-bond donors (Lipinski definition) is 2. The number of hydrogen-bond acceptors (Lipinski definition) is 5. The molecule has 1 heterocycles. The Balaban J connectivity index is 1.95. The zero-order valence-electron chi connectivity index (χ0n) is 11.0. The molecule has 3 rings (SSSR count). The van der Waals surface area contributed by atoms with Crippen molar-refractivity contribution in [3.05, 3.63) is 70.6 Å².